The minimum atomic E-state index is -1.17. The van der Waals surface area contributed by atoms with Crippen molar-refractivity contribution < 1.29 is 19.1 Å². The van der Waals surface area contributed by atoms with Crippen LogP contribution in [0.15, 0.2) is 10.5 Å². The molecule has 1 aromatic rings. The van der Waals surface area contributed by atoms with Gasteiger partial charge in [0, 0.05) is 18.7 Å². The van der Waals surface area contributed by atoms with Gasteiger partial charge in [0.1, 0.15) is 23.2 Å². The van der Waals surface area contributed by atoms with Gasteiger partial charge in [0.25, 0.3) is 5.91 Å². The van der Waals surface area contributed by atoms with Gasteiger partial charge in [0.15, 0.2) is 0 Å². The van der Waals surface area contributed by atoms with Gasteiger partial charge in [-0.3, -0.25) is 9.69 Å². The lowest BCUT2D eigenvalue weighted by molar-refractivity contribution is -0.139. The standard InChI is InChI=1S/C16H26N2O4/c1-5-18-6-7-21-14(9-18)15(19)17-10-16(4,20)13-8-11(2)22-12(13)3/h8,14,20H,5-7,9-10H2,1-4H3,(H,17,19). The molecule has 1 aromatic heterocycles. The van der Waals surface area contributed by atoms with E-state index in [-0.39, 0.29) is 12.5 Å². The molecule has 1 amide bonds. The molecule has 1 aliphatic rings. The molecular weight excluding hydrogens is 284 g/mol. The van der Waals surface area contributed by atoms with Crippen LogP contribution in [0.25, 0.3) is 0 Å². The number of furan rings is 1. The number of hydrogen-bond acceptors (Lipinski definition) is 5. The van der Waals surface area contributed by atoms with Gasteiger partial charge in [-0.25, -0.2) is 0 Å². The van der Waals surface area contributed by atoms with E-state index < -0.39 is 11.7 Å². The molecule has 0 bridgehead atoms. The van der Waals surface area contributed by atoms with Crippen LogP contribution in [-0.2, 0) is 15.1 Å². The van der Waals surface area contributed by atoms with E-state index in [0.717, 1.165) is 18.8 Å². The number of rotatable bonds is 5. The van der Waals surface area contributed by atoms with Gasteiger partial charge in [-0.15, -0.1) is 0 Å². The van der Waals surface area contributed by atoms with Crippen LogP contribution < -0.4 is 5.32 Å². The Morgan fingerprint density at radius 3 is 2.86 bits per heavy atom. The zero-order valence-corrected chi connectivity index (χ0v) is 13.8. The minimum Gasteiger partial charge on any atom is -0.466 e. The van der Waals surface area contributed by atoms with Crippen molar-refractivity contribution in [3.8, 4) is 0 Å². The highest BCUT2D eigenvalue weighted by molar-refractivity contribution is 5.81. The molecule has 1 saturated heterocycles. The van der Waals surface area contributed by atoms with Crippen LogP contribution in [0, 0.1) is 13.8 Å². The molecule has 2 unspecified atom stereocenters. The normalized spacial score (nSPS) is 22.3. The highest BCUT2D eigenvalue weighted by Gasteiger charge is 2.31. The first kappa shape index (κ1) is 17.0. The van der Waals surface area contributed by atoms with E-state index >= 15 is 0 Å². The Bertz CT molecular complexity index is 524. The zero-order chi connectivity index (χ0) is 16.3. The summed E-state index contributed by atoms with van der Waals surface area (Å²) >= 11 is 0. The summed E-state index contributed by atoms with van der Waals surface area (Å²) in [4.78, 5) is 14.4. The molecule has 0 aliphatic carbocycles. The average Bonchev–Trinajstić information content (AvgIpc) is 2.84. The SMILES string of the molecule is CCN1CCOC(C(=O)NCC(C)(O)c2cc(C)oc2C)C1. The molecule has 2 heterocycles. The van der Waals surface area contributed by atoms with Crippen LogP contribution in [-0.4, -0.2) is 54.8 Å². The number of morpholine rings is 1. The van der Waals surface area contributed by atoms with E-state index in [1.807, 2.05) is 13.8 Å². The molecule has 2 rings (SSSR count). The summed E-state index contributed by atoms with van der Waals surface area (Å²) in [6, 6.07) is 1.80. The Labute approximate surface area is 131 Å². The van der Waals surface area contributed by atoms with Crippen molar-refractivity contribution in [2.24, 2.45) is 0 Å². The predicted octanol–water partition coefficient (Wildman–Crippen LogP) is 0.941. The number of likely N-dealkylation sites (N-methyl/N-ethyl adjacent to an activating group) is 1. The van der Waals surface area contributed by atoms with Gasteiger partial charge in [-0.2, -0.15) is 0 Å². The van der Waals surface area contributed by atoms with E-state index in [2.05, 4.69) is 17.1 Å². The number of carbonyl (C=O) groups excluding carboxylic acids is 1. The Hall–Kier alpha value is -1.37. The Morgan fingerprint density at radius 1 is 1.55 bits per heavy atom. The van der Waals surface area contributed by atoms with Crippen LogP contribution in [0.4, 0.5) is 0 Å². The fraction of sp³-hybridized carbons (Fsp3) is 0.688. The third-order valence-electron chi connectivity index (χ3n) is 4.12. The fourth-order valence-corrected chi connectivity index (χ4v) is 2.78. The van der Waals surface area contributed by atoms with Crippen molar-refractivity contribution in [2.75, 3.05) is 32.8 Å². The molecule has 124 valence electrons. The van der Waals surface area contributed by atoms with Crippen LogP contribution in [0.1, 0.15) is 30.9 Å². The first-order valence-corrected chi connectivity index (χ1v) is 7.75. The monoisotopic (exact) mass is 310 g/mol. The van der Waals surface area contributed by atoms with E-state index in [1.165, 1.54) is 0 Å². The molecule has 2 N–H and O–H groups in total. The first-order valence-electron chi connectivity index (χ1n) is 7.75. The van der Waals surface area contributed by atoms with Gasteiger partial charge in [-0.1, -0.05) is 6.92 Å². The lowest BCUT2D eigenvalue weighted by Crippen LogP contribution is -2.51. The number of aryl methyl sites for hydroxylation is 2. The number of amides is 1. The molecule has 6 nitrogen and oxygen atoms in total. The topological polar surface area (TPSA) is 74.9 Å². The molecule has 22 heavy (non-hydrogen) atoms. The quantitative estimate of drug-likeness (QED) is 0.846. The molecule has 2 atom stereocenters. The zero-order valence-electron chi connectivity index (χ0n) is 13.8. The summed E-state index contributed by atoms with van der Waals surface area (Å²) in [5, 5.41) is 13.4. The van der Waals surface area contributed by atoms with Crippen molar-refractivity contribution >= 4 is 5.91 Å². The Balaban J connectivity index is 1.93. The molecule has 6 heteroatoms. The summed E-state index contributed by atoms with van der Waals surface area (Å²) in [6.07, 6.45) is -0.475. The van der Waals surface area contributed by atoms with Gasteiger partial charge < -0.3 is 19.6 Å². The lowest BCUT2D eigenvalue weighted by atomic mass is 9.96. The number of carbonyl (C=O) groups is 1. The second kappa shape index (κ2) is 6.81. The van der Waals surface area contributed by atoms with Crippen molar-refractivity contribution in [1.82, 2.24) is 10.2 Å². The minimum absolute atomic E-state index is 0.123. The lowest BCUT2D eigenvalue weighted by Gasteiger charge is -2.32. The smallest absolute Gasteiger partial charge is 0.250 e. The van der Waals surface area contributed by atoms with Crippen molar-refractivity contribution in [1.29, 1.82) is 0 Å². The van der Waals surface area contributed by atoms with Gasteiger partial charge in [0.05, 0.1) is 13.2 Å². The first-order chi connectivity index (χ1) is 10.3. The van der Waals surface area contributed by atoms with E-state index in [0.29, 0.717) is 24.5 Å². The van der Waals surface area contributed by atoms with Gasteiger partial charge in [0.2, 0.25) is 0 Å². The summed E-state index contributed by atoms with van der Waals surface area (Å²) in [5.41, 5.74) is -0.471. The van der Waals surface area contributed by atoms with Gasteiger partial charge >= 0.3 is 0 Å². The summed E-state index contributed by atoms with van der Waals surface area (Å²) < 4.78 is 11.0. The molecule has 1 aliphatic heterocycles. The maximum atomic E-state index is 12.2. The molecule has 0 saturated carbocycles. The second-order valence-corrected chi connectivity index (χ2v) is 6.07. The maximum Gasteiger partial charge on any atom is 0.250 e. The molecule has 0 radical (unpaired) electrons. The molecule has 0 aromatic carbocycles. The van der Waals surface area contributed by atoms with E-state index in [9.17, 15) is 9.90 Å². The Morgan fingerprint density at radius 2 is 2.27 bits per heavy atom. The number of nitrogens with one attached hydrogen (secondary N) is 1. The summed E-state index contributed by atoms with van der Waals surface area (Å²) in [5.74, 6) is 1.23. The maximum absolute atomic E-state index is 12.2. The van der Waals surface area contributed by atoms with Crippen molar-refractivity contribution in [3.05, 3.63) is 23.2 Å². The highest BCUT2D eigenvalue weighted by Crippen LogP contribution is 2.26. The summed E-state index contributed by atoms with van der Waals surface area (Å²) in [7, 11) is 0. The average molecular weight is 310 g/mol. The number of ether oxygens (including phenoxy) is 1. The number of nitrogens with zero attached hydrogens (tertiary/aromatic N) is 1. The molecule has 1 fully saturated rings. The Kier molecular flexibility index (Phi) is 5.26. The molecular formula is C16H26N2O4. The van der Waals surface area contributed by atoms with Gasteiger partial charge in [-0.05, 0) is 33.4 Å². The predicted molar refractivity (Wildman–Crippen MR) is 82.6 cm³/mol. The largest absolute Gasteiger partial charge is 0.466 e. The van der Waals surface area contributed by atoms with Crippen LogP contribution in [0.3, 0.4) is 0 Å². The third-order valence-corrected chi connectivity index (χ3v) is 4.12. The molecule has 0 spiro atoms. The van der Waals surface area contributed by atoms with Crippen molar-refractivity contribution in [3.63, 3.8) is 0 Å². The number of aliphatic hydroxyl groups is 1. The van der Waals surface area contributed by atoms with E-state index in [1.54, 1.807) is 13.0 Å². The van der Waals surface area contributed by atoms with Crippen LogP contribution in [0.2, 0.25) is 0 Å². The van der Waals surface area contributed by atoms with Crippen molar-refractivity contribution in [2.45, 2.75) is 39.4 Å². The van der Waals surface area contributed by atoms with Crippen LogP contribution >= 0.6 is 0 Å². The van der Waals surface area contributed by atoms with E-state index in [4.69, 9.17) is 9.15 Å². The van der Waals surface area contributed by atoms with Crippen LogP contribution in [0.5, 0.6) is 0 Å². The second-order valence-electron chi connectivity index (χ2n) is 6.07. The summed E-state index contributed by atoms with van der Waals surface area (Å²) in [6.45, 7) is 10.4. The third kappa shape index (κ3) is 3.88. The number of hydrogen-bond donors (Lipinski definition) is 2. The fourth-order valence-electron chi connectivity index (χ4n) is 2.78. The highest BCUT2D eigenvalue weighted by atomic mass is 16.5.